The molecule has 0 bridgehead atoms. The summed E-state index contributed by atoms with van der Waals surface area (Å²) in [6, 6.07) is 7.52. The molecule has 0 aromatic carbocycles. The maximum atomic E-state index is 13.1. The SMILES string of the molecule is CSc1ncccc1C(=O)N1CCC[C@H]1c1ccc(C(=O)N(C)C)s1. The number of nitrogens with zero attached hydrogens (tertiary/aromatic N) is 3. The summed E-state index contributed by atoms with van der Waals surface area (Å²) in [4.78, 5) is 34.8. The Labute approximate surface area is 156 Å². The molecule has 0 radical (unpaired) electrons. The van der Waals surface area contributed by atoms with E-state index in [1.165, 1.54) is 23.1 Å². The van der Waals surface area contributed by atoms with Crippen LogP contribution in [0.3, 0.4) is 0 Å². The van der Waals surface area contributed by atoms with E-state index in [4.69, 9.17) is 0 Å². The number of pyridine rings is 1. The molecule has 3 heterocycles. The van der Waals surface area contributed by atoms with Gasteiger partial charge in [0.05, 0.1) is 16.5 Å². The van der Waals surface area contributed by atoms with Crippen molar-refractivity contribution >= 4 is 34.9 Å². The number of aromatic nitrogens is 1. The van der Waals surface area contributed by atoms with Crippen LogP contribution in [0.4, 0.5) is 0 Å². The zero-order valence-corrected chi connectivity index (χ0v) is 16.2. The quantitative estimate of drug-likeness (QED) is 0.767. The van der Waals surface area contributed by atoms with Crippen LogP contribution >= 0.6 is 23.1 Å². The van der Waals surface area contributed by atoms with Crippen molar-refractivity contribution in [3.63, 3.8) is 0 Å². The van der Waals surface area contributed by atoms with Crippen LogP contribution in [0.2, 0.25) is 0 Å². The summed E-state index contributed by atoms with van der Waals surface area (Å²) in [5.41, 5.74) is 0.656. The van der Waals surface area contributed by atoms with Gasteiger partial charge in [-0.2, -0.15) is 0 Å². The first-order valence-electron chi connectivity index (χ1n) is 8.14. The number of thioether (sulfide) groups is 1. The summed E-state index contributed by atoms with van der Waals surface area (Å²) < 4.78 is 0. The van der Waals surface area contributed by atoms with Crippen molar-refractivity contribution < 1.29 is 9.59 Å². The van der Waals surface area contributed by atoms with Crippen molar-refractivity contribution in [3.8, 4) is 0 Å². The summed E-state index contributed by atoms with van der Waals surface area (Å²) >= 11 is 2.97. The van der Waals surface area contributed by atoms with Gasteiger partial charge < -0.3 is 9.80 Å². The summed E-state index contributed by atoms with van der Waals surface area (Å²) in [5, 5.41) is 0.757. The lowest BCUT2D eigenvalue weighted by Gasteiger charge is -2.24. The molecule has 1 atom stereocenters. The van der Waals surface area contributed by atoms with Gasteiger partial charge in [-0.15, -0.1) is 23.1 Å². The number of rotatable bonds is 4. The minimum Gasteiger partial charge on any atom is -0.344 e. The zero-order chi connectivity index (χ0) is 18.0. The Kier molecular flexibility index (Phi) is 5.44. The Hall–Kier alpha value is -1.86. The third-order valence-corrected chi connectivity index (χ3v) is 6.17. The summed E-state index contributed by atoms with van der Waals surface area (Å²) in [7, 11) is 3.50. The molecule has 0 N–H and O–H groups in total. The molecule has 1 aliphatic heterocycles. The van der Waals surface area contributed by atoms with E-state index in [0.29, 0.717) is 10.4 Å². The molecule has 0 spiro atoms. The Balaban J connectivity index is 1.86. The van der Waals surface area contributed by atoms with Crippen molar-refractivity contribution in [2.45, 2.75) is 23.9 Å². The molecule has 0 aliphatic carbocycles. The third-order valence-electron chi connectivity index (χ3n) is 4.28. The van der Waals surface area contributed by atoms with E-state index in [2.05, 4.69) is 4.98 Å². The van der Waals surface area contributed by atoms with E-state index in [1.54, 1.807) is 31.3 Å². The molecule has 2 amide bonds. The van der Waals surface area contributed by atoms with Gasteiger partial charge in [-0.1, -0.05) is 0 Å². The molecule has 1 aliphatic rings. The lowest BCUT2D eigenvalue weighted by Crippen LogP contribution is -2.30. The number of likely N-dealkylation sites (tertiary alicyclic amines) is 1. The first-order chi connectivity index (χ1) is 12.0. The van der Waals surface area contributed by atoms with Gasteiger partial charge >= 0.3 is 0 Å². The molecule has 0 saturated carbocycles. The van der Waals surface area contributed by atoms with Gasteiger partial charge in [-0.25, -0.2) is 4.98 Å². The fourth-order valence-corrected chi connectivity index (χ4v) is 4.76. The molecule has 0 unspecified atom stereocenters. The first kappa shape index (κ1) is 17.9. The number of carbonyl (C=O) groups excluding carboxylic acids is 2. The van der Waals surface area contributed by atoms with Crippen molar-refractivity contribution in [1.82, 2.24) is 14.8 Å². The average molecular weight is 376 g/mol. The second-order valence-electron chi connectivity index (χ2n) is 6.12. The fraction of sp³-hybridized carbons (Fsp3) is 0.389. The van der Waals surface area contributed by atoms with E-state index >= 15 is 0 Å². The topological polar surface area (TPSA) is 53.5 Å². The molecule has 5 nitrogen and oxygen atoms in total. The van der Waals surface area contributed by atoms with Crippen LogP contribution in [0.5, 0.6) is 0 Å². The largest absolute Gasteiger partial charge is 0.344 e. The minimum atomic E-state index is 0.00375. The summed E-state index contributed by atoms with van der Waals surface area (Å²) in [6.45, 7) is 0.737. The first-order valence-corrected chi connectivity index (χ1v) is 10.2. The van der Waals surface area contributed by atoms with Crippen LogP contribution in [-0.4, -0.2) is 53.5 Å². The van der Waals surface area contributed by atoms with Crippen molar-refractivity contribution in [1.29, 1.82) is 0 Å². The lowest BCUT2D eigenvalue weighted by atomic mass is 10.1. The van der Waals surface area contributed by atoms with Crippen LogP contribution in [0.1, 0.15) is 43.8 Å². The van der Waals surface area contributed by atoms with Crippen molar-refractivity contribution in [2.24, 2.45) is 0 Å². The van der Waals surface area contributed by atoms with Gasteiger partial charge in [0.1, 0.15) is 5.03 Å². The van der Waals surface area contributed by atoms with E-state index in [1.807, 2.05) is 29.4 Å². The molecule has 132 valence electrons. The fourth-order valence-electron chi connectivity index (χ4n) is 3.04. The van der Waals surface area contributed by atoms with Gasteiger partial charge in [0.15, 0.2) is 0 Å². The van der Waals surface area contributed by atoms with E-state index in [-0.39, 0.29) is 17.9 Å². The normalized spacial score (nSPS) is 16.9. The van der Waals surface area contributed by atoms with Gasteiger partial charge in [0.25, 0.3) is 11.8 Å². The highest BCUT2D eigenvalue weighted by atomic mass is 32.2. The van der Waals surface area contributed by atoms with Crippen LogP contribution in [0.15, 0.2) is 35.5 Å². The van der Waals surface area contributed by atoms with E-state index in [0.717, 1.165) is 29.3 Å². The Morgan fingerprint density at radius 1 is 1.32 bits per heavy atom. The Morgan fingerprint density at radius 2 is 2.12 bits per heavy atom. The van der Waals surface area contributed by atoms with Crippen molar-refractivity contribution in [3.05, 3.63) is 45.8 Å². The van der Waals surface area contributed by atoms with Crippen LogP contribution in [-0.2, 0) is 0 Å². The maximum Gasteiger partial charge on any atom is 0.263 e. The van der Waals surface area contributed by atoms with Crippen LogP contribution < -0.4 is 0 Å². The monoisotopic (exact) mass is 375 g/mol. The lowest BCUT2D eigenvalue weighted by molar-refractivity contribution is 0.0733. The van der Waals surface area contributed by atoms with Crippen LogP contribution in [0, 0.1) is 0 Å². The van der Waals surface area contributed by atoms with Gasteiger partial charge in [-0.3, -0.25) is 9.59 Å². The third kappa shape index (κ3) is 3.57. The predicted octanol–water partition coefficient (Wildman–Crippen LogP) is 3.54. The second kappa shape index (κ2) is 7.58. The highest BCUT2D eigenvalue weighted by molar-refractivity contribution is 7.98. The summed E-state index contributed by atoms with van der Waals surface area (Å²) in [5.74, 6) is 0.0258. The number of thiophene rings is 1. The standard InChI is InChI=1S/C18H21N3O2S2/c1-20(2)18(23)15-9-8-14(25-15)13-7-5-11-21(13)17(22)12-6-4-10-19-16(12)24-3/h4,6,8-10,13H,5,7,11H2,1-3H3/t13-/m0/s1. The highest BCUT2D eigenvalue weighted by Crippen LogP contribution is 2.37. The minimum absolute atomic E-state index is 0.00375. The predicted molar refractivity (Wildman–Crippen MR) is 101 cm³/mol. The maximum absolute atomic E-state index is 13.1. The number of hydrogen-bond acceptors (Lipinski definition) is 5. The van der Waals surface area contributed by atoms with Crippen LogP contribution in [0.25, 0.3) is 0 Å². The Bertz CT molecular complexity index is 788. The van der Waals surface area contributed by atoms with Crippen molar-refractivity contribution in [2.75, 3.05) is 26.9 Å². The van der Waals surface area contributed by atoms with Gasteiger partial charge in [0, 0.05) is 31.7 Å². The smallest absolute Gasteiger partial charge is 0.263 e. The number of amides is 2. The molecule has 25 heavy (non-hydrogen) atoms. The molecule has 1 fully saturated rings. The Morgan fingerprint density at radius 3 is 2.84 bits per heavy atom. The zero-order valence-electron chi connectivity index (χ0n) is 14.6. The molecule has 1 saturated heterocycles. The molecular weight excluding hydrogens is 354 g/mol. The molecule has 7 heteroatoms. The van der Waals surface area contributed by atoms with Gasteiger partial charge in [-0.05, 0) is 43.4 Å². The summed E-state index contributed by atoms with van der Waals surface area (Å²) in [6.07, 6.45) is 5.54. The molecule has 2 aromatic heterocycles. The van der Waals surface area contributed by atoms with E-state index in [9.17, 15) is 9.59 Å². The number of hydrogen-bond donors (Lipinski definition) is 0. The molecular formula is C18H21N3O2S2. The van der Waals surface area contributed by atoms with E-state index < -0.39 is 0 Å². The van der Waals surface area contributed by atoms with Gasteiger partial charge in [0.2, 0.25) is 0 Å². The molecule has 3 rings (SSSR count). The molecule has 2 aromatic rings. The average Bonchev–Trinajstić information content (AvgIpc) is 3.29. The highest BCUT2D eigenvalue weighted by Gasteiger charge is 2.33. The number of carbonyl (C=O) groups is 2. The second-order valence-corrected chi connectivity index (χ2v) is 8.03.